The maximum absolute atomic E-state index is 11.2. The minimum atomic E-state index is -0.547. The first-order valence-electron chi connectivity index (χ1n) is 5.99. The van der Waals surface area contributed by atoms with Gasteiger partial charge in [0.05, 0.1) is 16.2 Å². The Balaban J connectivity index is 2.30. The molecule has 1 aliphatic rings. The van der Waals surface area contributed by atoms with Gasteiger partial charge in [-0.15, -0.1) is 0 Å². The first kappa shape index (κ1) is 13.8. The van der Waals surface area contributed by atoms with Crippen LogP contribution in [0.4, 0.5) is 11.4 Å². The highest BCUT2D eigenvalue weighted by atomic mass is 16.6. The first-order valence-corrected chi connectivity index (χ1v) is 5.99. The summed E-state index contributed by atoms with van der Waals surface area (Å²) in [6, 6.07) is 5.56. The number of hydrogen-bond acceptors (Lipinski definition) is 6. The molecule has 1 fully saturated rings. The second-order valence-electron chi connectivity index (χ2n) is 4.43. The van der Waals surface area contributed by atoms with Crippen molar-refractivity contribution in [2.45, 2.75) is 6.04 Å². The number of rotatable bonds is 3. The highest BCUT2D eigenvalue weighted by Crippen LogP contribution is 2.25. The molecule has 8 heteroatoms. The highest BCUT2D eigenvalue weighted by Gasteiger charge is 2.25. The third kappa shape index (κ3) is 2.67. The molecule has 0 aromatic heterocycles. The van der Waals surface area contributed by atoms with Crippen LogP contribution in [-0.4, -0.2) is 36.5 Å². The normalized spacial score (nSPS) is 18.4. The molecule has 3 N–H and O–H groups in total. The molecule has 20 heavy (non-hydrogen) atoms. The van der Waals surface area contributed by atoms with Crippen LogP contribution >= 0.6 is 0 Å². The molecule has 1 aromatic carbocycles. The summed E-state index contributed by atoms with van der Waals surface area (Å²) in [5, 5.41) is 22.8. The molecule has 0 bridgehead atoms. The zero-order valence-corrected chi connectivity index (χ0v) is 10.6. The fraction of sp³-hybridized carbons (Fsp3) is 0.333. The van der Waals surface area contributed by atoms with Crippen molar-refractivity contribution in [3.05, 3.63) is 33.9 Å². The molecule has 1 unspecified atom stereocenters. The monoisotopic (exact) mass is 275 g/mol. The van der Waals surface area contributed by atoms with Gasteiger partial charge >= 0.3 is 0 Å². The van der Waals surface area contributed by atoms with Gasteiger partial charge in [-0.3, -0.25) is 14.9 Å². The molecule has 1 atom stereocenters. The number of nitro benzene ring substituents is 1. The van der Waals surface area contributed by atoms with Gasteiger partial charge in [-0.05, 0) is 6.07 Å². The third-order valence-corrected chi connectivity index (χ3v) is 3.17. The lowest BCUT2D eigenvalue weighted by atomic mass is 10.1. The van der Waals surface area contributed by atoms with Gasteiger partial charge in [0.25, 0.3) is 5.69 Å². The van der Waals surface area contributed by atoms with Crippen LogP contribution in [0.25, 0.3) is 0 Å². The van der Waals surface area contributed by atoms with Crippen molar-refractivity contribution < 1.29 is 9.72 Å². The molecule has 1 amide bonds. The number of piperazine rings is 1. The number of carbonyl (C=O) groups excluding carboxylic acids is 1. The lowest BCUT2D eigenvalue weighted by molar-refractivity contribution is -0.384. The Morgan fingerprint density at radius 1 is 1.60 bits per heavy atom. The molecule has 0 saturated carbocycles. The number of carbonyl (C=O) groups is 1. The Bertz CT molecular complexity index is 595. The summed E-state index contributed by atoms with van der Waals surface area (Å²) >= 11 is 0. The quantitative estimate of drug-likeness (QED) is 0.577. The van der Waals surface area contributed by atoms with Crippen LogP contribution in [-0.2, 0) is 4.79 Å². The van der Waals surface area contributed by atoms with Crippen LogP contribution in [0.5, 0.6) is 0 Å². The maximum atomic E-state index is 11.2. The zero-order valence-electron chi connectivity index (χ0n) is 10.6. The summed E-state index contributed by atoms with van der Waals surface area (Å²) in [6.45, 7) is 1.48. The predicted molar refractivity (Wildman–Crippen MR) is 71.0 cm³/mol. The standard InChI is InChI=1S/C12H13N5O3/c13-6-8-5-9(17(19)20)1-2-11(8)16-4-3-15-10(7-16)12(14)18/h1-2,5,10,15H,3-4,7H2,(H2,14,18). The molecule has 1 aromatic rings. The zero-order chi connectivity index (χ0) is 14.7. The van der Waals surface area contributed by atoms with E-state index < -0.39 is 16.9 Å². The van der Waals surface area contributed by atoms with Gasteiger partial charge in [-0.2, -0.15) is 5.26 Å². The summed E-state index contributed by atoms with van der Waals surface area (Å²) in [4.78, 5) is 23.2. The van der Waals surface area contributed by atoms with E-state index in [9.17, 15) is 14.9 Å². The number of nitriles is 1. The number of amides is 1. The van der Waals surface area contributed by atoms with Crippen molar-refractivity contribution in [3.8, 4) is 6.07 Å². The molecule has 1 aliphatic heterocycles. The summed E-state index contributed by atoms with van der Waals surface area (Å²) in [6.07, 6.45) is 0. The number of nitrogens with two attached hydrogens (primary N) is 1. The van der Waals surface area contributed by atoms with E-state index in [-0.39, 0.29) is 11.3 Å². The molecule has 0 aliphatic carbocycles. The number of nitro groups is 1. The number of anilines is 1. The predicted octanol–water partition coefficient (Wildman–Crippen LogP) is -0.270. The molecule has 1 saturated heterocycles. The van der Waals surface area contributed by atoms with E-state index in [0.29, 0.717) is 25.3 Å². The van der Waals surface area contributed by atoms with Crippen molar-refractivity contribution in [1.29, 1.82) is 5.26 Å². The van der Waals surface area contributed by atoms with E-state index in [1.165, 1.54) is 18.2 Å². The van der Waals surface area contributed by atoms with Crippen LogP contribution in [0, 0.1) is 21.4 Å². The highest BCUT2D eigenvalue weighted by molar-refractivity contribution is 5.81. The largest absolute Gasteiger partial charge is 0.368 e. The third-order valence-electron chi connectivity index (χ3n) is 3.17. The van der Waals surface area contributed by atoms with Gasteiger partial charge in [0.2, 0.25) is 5.91 Å². The van der Waals surface area contributed by atoms with Crippen LogP contribution in [0.2, 0.25) is 0 Å². The van der Waals surface area contributed by atoms with E-state index in [1.54, 1.807) is 0 Å². The van der Waals surface area contributed by atoms with Gasteiger partial charge in [0.15, 0.2) is 0 Å². The van der Waals surface area contributed by atoms with E-state index in [1.807, 2.05) is 11.0 Å². The molecule has 8 nitrogen and oxygen atoms in total. The fourth-order valence-corrected chi connectivity index (χ4v) is 2.16. The minimum Gasteiger partial charge on any atom is -0.368 e. The SMILES string of the molecule is N#Cc1cc([N+](=O)[O-])ccc1N1CCNC(C(N)=O)C1. The van der Waals surface area contributed by atoms with Crippen molar-refractivity contribution in [2.24, 2.45) is 5.73 Å². The average Bonchev–Trinajstić information content (AvgIpc) is 2.46. The van der Waals surface area contributed by atoms with Gasteiger partial charge in [-0.25, -0.2) is 0 Å². The second-order valence-corrected chi connectivity index (χ2v) is 4.43. The number of benzene rings is 1. The Hall–Kier alpha value is -2.66. The van der Waals surface area contributed by atoms with E-state index in [0.717, 1.165) is 0 Å². The topological polar surface area (TPSA) is 125 Å². The molecular weight excluding hydrogens is 262 g/mol. The summed E-state index contributed by atoms with van der Waals surface area (Å²) in [7, 11) is 0. The van der Waals surface area contributed by atoms with Gasteiger partial charge in [0.1, 0.15) is 12.1 Å². The maximum Gasteiger partial charge on any atom is 0.270 e. The Labute approximate surface area is 114 Å². The summed E-state index contributed by atoms with van der Waals surface area (Å²) < 4.78 is 0. The number of nitrogens with zero attached hydrogens (tertiary/aromatic N) is 3. The van der Waals surface area contributed by atoms with Crippen LogP contribution in [0.1, 0.15) is 5.56 Å². The van der Waals surface area contributed by atoms with Crippen LogP contribution in [0.3, 0.4) is 0 Å². The van der Waals surface area contributed by atoms with E-state index >= 15 is 0 Å². The molecule has 0 radical (unpaired) electrons. The van der Waals surface area contributed by atoms with Crippen molar-refractivity contribution in [1.82, 2.24) is 5.32 Å². The molecular formula is C12H13N5O3. The summed E-state index contributed by atoms with van der Waals surface area (Å²) in [5.74, 6) is -0.463. The van der Waals surface area contributed by atoms with Gasteiger partial charge in [-0.1, -0.05) is 0 Å². The Morgan fingerprint density at radius 3 is 2.95 bits per heavy atom. The second kappa shape index (κ2) is 5.54. The van der Waals surface area contributed by atoms with E-state index in [2.05, 4.69) is 5.32 Å². The van der Waals surface area contributed by atoms with E-state index in [4.69, 9.17) is 11.0 Å². The van der Waals surface area contributed by atoms with Crippen LogP contribution in [0.15, 0.2) is 18.2 Å². The van der Waals surface area contributed by atoms with Gasteiger partial charge in [0, 0.05) is 31.8 Å². The molecule has 2 rings (SSSR count). The number of non-ortho nitro benzene ring substituents is 1. The van der Waals surface area contributed by atoms with Gasteiger partial charge < -0.3 is 16.0 Å². The fourth-order valence-electron chi connectivity index (χ4n) is 2.16. The Kier molecular flexibility index (Phi) is 3.81. The number of primary amides is 1. The minimum absolute atomic E-state index is 0.133. The average molecular weight is 275 g/mol. The first-order chi connectivity index (χ1) is 9.52. The molecule has 1 heterocycles. The smallest absolute Gasteiger partial charge is 0.270 e. The molecule has 104 valence electrons. The van der Waals surface area contributed by atoms with Crippen molar-refractivity contribution in [3.63, 3.8) is 0 Å². The Morgan fingerprint density at radius 2 is 2.35 bits per heavy atom. The lowest BCUT2D eigenvalue weighted by Gasteiger charge is -2.34. The van der Waals surface area contributed by atoms with Crippen molar-refractivity contribution in [2.75, 3.05) is 24.5 Å². The molecule has 0 spiro atoms. The van der Waals surface area contributed by atoms with Crippen molar-refractivity contribution >= 4 is 17.3 Å². The summed E-state index contributed by atoms with van der Waals surface area (Å²) in [5.41, 5.74) is 5.91. The van der Waals surface area contributed by atoms with Crippen LogP contribution < -0.4 is 16.0 Å². The number of nitrogens with one attached hydrogen (secondary N) is 1. The lowest BCUT2D eigenvalue weighted by Crippen LogP contribution is -2.56. The number of hydrogen-bond donors (Lipinski definition) is 2.